The van der Waals surface area contributed by atoms with Crippen LogP contribution in [0.4, 0.5) is 0 Å². The summed E-state index contributed by atoms with van der Waals surface area (Å²) in [4.78, 5) is 14.2. The monoisotopic (exact) mass is 306 g/mol. The number of carbonyl (C=O) groups excluding carboxylic acids is 1. The van der Waals surface area contributed by atoms with Gasteiger partial charge in [-0.3, -0.25) is 4.79 Å². The summed E-state index contributed by atoms with van der Waals surface area (Å²) >= 11 is 0. The number of nitrogens with one attached hydrogen (secondary N) is 1. The van der Waals surface area contributed by atoms with Crippen molar-refractivity contribution in [2.45, 2.75) is 13.3 Å². The van der Waals surface area contributed by atoms with Crippen LogP contribution < -0.4 is 10.1 Å². The summed E-state index contributed by atoms with van der Waals surface area (Å²) in [6, 6.07) is 7.72. The van der Waals surface area contributed by atoms with Gasteiger partial charge in [0.2, 0.25) is 0 Å². The first-order valence-electron chi connectivity index (χ1n) is 7.85. The number of para-hydroxylation sites is 1. The Hall–Kier alpha value is -1.59. The maximum Gasteiger partial charge on any atom is 0.257 e. The number of hydrogen-bond acceptors (Lipinski definition) is 4. The van der Waals surface area contributed by atoms with E-state index in [-0.39, 0.29) is 12.5 Å². The average molecular weight is 306 g/mol. The van der Waals surface area contributed by atoms with Gasteiger partial charge in [-0.1, -0.05) is 18.2 Å². The fourth-order valence-corrected chi connectivity index (χ4v) is 2.67. The third kappa shape index (κ3) is 5.31. The maximum atomic E-state index is 11.9. The number of nitrogens with zero attached hydrogens (tertiary/aromatic N) is 1. The zero-order valence-corrected chi connectivity index (χ0v) is 13.5. The molecular formula is C17H26N2O3. The number of methoxy groups -OCH3 is 1. The second-order valence-corrected chi connectivity index (χ2v) is 5.81. The fraction of sp³-hybridized carbons (Fsp3) is 0.588. The van der Waals surface area contributed by atoms with Gasteiger partial charge >= 0.3 is 0 Å². The van der Waals surface area contributed by atoms with Gasteiger partial charge < -0.3 is 19.7 Å². The topological polar surface area (TPSA) is 50.8 Å². The number of ether oxygens (including phenoxy) is 2. The zero-order valence-electron chi connectivity index (χ0n) is 13.5. The van der Waals surface area contributed by atoms with Crippen molar-refractivity contribution >= 4 is 5.91 Å². The predicted octanol–water partition coefficient (Wildman–Crippen LogP) is 1.46. The minimum absolute atomic E-state index is 0.0569. The van der Waals surface area contributed by atoms with Crippen molar-refractivity contribution in [3.63, 3.8) is 0 Å². The molecule has 0 aromatic heterocycles. The van der Waals surface area contributed by atoms with Crippen LogP contribution in [0, 0.1) is 12.8 Å². The standard InChI is InChI=1S/C17H26N2O3/c1-14-5-3-4-6-16(14)22-13-17(20)18-11-15-7-8-19(12-15)9-10-21-2/h3-6,15H,7-13H2,1-2H3,(H,18,20). The first-order valence-corrected chi connectivity index (χ1v) is 7.85. The number of carbonyl (C=O) groups is 1. The molecule has 1 aliphatic heterocycles. The molecule has 1 N–H and O–H groups in total. The molecule has 0 spiro atoms. The highest BCUT2D eigenvalue weighted by atomic mass is 16.5. The van der Waals surface area contributed by atoms with E-state index in [0.717, 1.165) is 50.5 Å². The number of hydrogen-bond donors (Lipinski definition) is 1. The molecule has 1 saturated heterocycles. The molecule has 1 aromatic carbocycles. The number of benzene rings is 1. The molecule has 0 aliphatic carbocycles. The molecule has 1 fully saturated rings. The first kappa shape index (κ1) is 16.8. The van der Waals surface area contributed by atoms with E-state index in [2.05, 4.69) is 10.2 Å². The van der Waals surface area contributed by atoms with Gasteiger partial charge in [-0.2, -0.15) is 0 Å². The molecule has 1 unspecified atom stereocenters. The quantitative estimate of drug-likeness (QED) is 0.790. The van der Waals surface area contributed by atoms with E-state index in [0.29, 0.717) is 5.92 Å². The minimum atomic E-state index is -0.0569. The van der Waals surface area contributed by atoms with Crippen LogP contribution in [0.3, 0.4) is 0 Å². The fourth-order valence-electron chi connectivity index (χ4n) is 2.67. The Morgan fingerprint density at radius 2 is 2.23 bits per heavy atom. The van der Waals surface area contributed by atoms with Gasteiger partial charge in [-0.15, -0.1) is 0 Å². The number of rotatable bonds is 8. The Kier molecular flexibility index (Phi) is 6.68. The summed E-state index contributed by atoms with van der Waals surface area (Å²) in [5, 5.41) is 2.97. The Bertz CT molecular complexity index is 479. The molecule has 0 bridgehead atoms. The SMILES string of the molecule is COCCN1CCC(CNC(=O)COc2ccccc2C)C1. The first-order chi connectivity index (χ1) is 10.7. The molecule has 0 radical (unpaired) electrons. The van der Waals surface area contributed by atoms with Crippen molar-refractivity contribution in [2.75, 3.05) is 46.5 Å². The van der Waals surface area contributed by atoms with Crippen LogP contribution in [0.5, 0.6) is 5.75 Å². The second kappa shape index (κ2) is 8.76. The lowest BCUT2D eigenvalue weighted by Gasteiger charge is -2.15. The van der Waals surface area contributed by atoms with Crippen LogP contribution in [0.1, 0.15) is 12.0 Å². The molecule has 122 valence electrons. The highest BCUT2D eigenvalue weighted by molar-refractivity contribution is 5.77. The lowest BCUT2D eigenvalue weighted by Crippen LogP contribution is -2.34. The van der Waals surface area contributed by atoms with Crippen LogP contribution in [-0.2, 0) is 9.53 Å². The van der Waals surface area contributed by atoms with Gasteiger partial charge in [-0.05, 0) is 37.4 Å². The van der Waals surface area contributed by atoms with E-state index >= 15 is 0 Å². The van der Waals surface area contributed by atoms with Gasteiger partial charge in [0.15, 0.2) is 6.61 Å². The lowest BCUT2D eigenvalue weighted by atomic mass is 10.1. The van der Waals surface area contributed by atoms with E-state index in [9.17, 15) is 4.79 Å². The Labute approximate surface area is 132 Å². The van der Waals surface area contributed by atoms with Crippen LogP contribution >= 0.6 is 0 Å². The number of aryl methyl sites for hydroxylation is 1. The summed E-state index contributed by atoms with van der Waals surface area (Å²) in [7, 11) is 1.72. The highest BCUT2D eigenvalue weighted by Gasteiger charge is 2.22. The molecule has 1 aromatic rings. The maximum absolute atomic E-state index is 11.9. The minimum Gasteiger partial charge on any atom is -0.484 e. The molecule has 1 aliphatic rings. The Morgan fingerprint density at radius 3 is 3.00 bits per heavy atom. The van der Waals surface area contributed by atoms with Crippen molar-refractivity contribution in [2.24, 2.45) is 5.92 Å². The van der Waals surface area contributed by atoms with Gasteiger partial charge in [-0.25, -0.2) is 0 Å². The Morgan fingerprint density at radius 1 is 1.41 bits per heavy atom. The third-order valence-electron chi connectivity index (χ3n) is 4.02. The van der Waals surface area contributed by atoms with Crippen molar-refractivity contribution in [1.82, 2.24) is 10.2 Å². The average Bonchev–Trinajstić information content (AvgIpc) is 2.98. The normalized spacial score (nSPS) is 18.4. The van der Waals surface area contributed by atoms with E-state index in [1.54, 1.807) is 7.11 Å². The van der Waals surface area contributed by atoms with Crippen LogP contribution in [-0.4, -0.2) is 57.3 Å². The van der Waals surface area contributed by atoms with E-state index < -0.39 is 0 Å². The summed E-state index contributed by atoms with van der Waals surface area (Å²) in [6.07, 6.45) is 1.13. The largest absolute Gasteiger partial charge is 0.484 e. The van der Waals surface area contributed by atoms with Crippen LogP contribution in [0.2, 0.25) is 0 Å². The van der Waals surface area contributed by atoms with Gasteiger partial charge in [0.1, 0.15) is 5.75 Å². The summed E-state index contributed by atoms with van der Waals surface area (Å²) in [6.45, 7) is 6.62. The van der Waals surface area contributed by atoms with E-state index in [1.807, 2.05) is 31.2 Å². The molecule has 1 atom stereocenters. The molecule has 1 heterocycles. The van der Waals surface area contributed by atoms with Gasteiger partial charge in [0, 0.05) is 26.7 Å². The van der Waals surface area contributed by atoms with Crippen LogP contribution in [0.15, 0.2) is 24.3 Å². The highest BCUT2D eigenvalue weighted by Crippen LogP contribution is 2.16. The summed E-state index contributed by atoms with van der Waals surface area (Å²) < 4.78 is 10.6. The van der Waals surface area contributed by atoms with Crippen molar-refractivity contribution in [3.05, 3.63) is 29.8 Å². The Balaban J connectivity index is 1.63. The lowest BCUT2D eigenvalue weighted by molar-refractivity contribution is -0.123. The van der Waals surface area contributed by atoms with Gasteiger partial charge in [0.25, 0.3) is 5.91 Å². The van der Waals surface area contributed by atoms with E-state index in [1.165, 1.54) is 0 Å². The zero-order chi connectivity index (χ0) is 15.8. The molecule has 22 heavy (non-hydrogen) atoms. The van der Waals surface area contributed by atoms with Crippen molar-refractivity contribution in [1.29, 1.82) is 0 Å². The third-order valence-corrected chi connectivity index (χ3v) is 4.02. The van der Waals surface area contributed by atoms with Crippen LogP contribution in [0.25, 0.3) is 0 Å². The molecule has 2 rings (SSSR count). The molecule has 1 amide bonds. The number of amides is 1. The molecule has 5 heteroatoms. The second-order valence-electron chi connectivity index (χ2n) is 5.81. The van der Waals surface area contributed by atoms with Gasteiger partial charge in [0.05, 0.1) is 6.61 Å². The summed E-state index contributed by atoms with van der Waals surface area (Å²) in [5.74, 6) is 1.24. The molecule has 5 nitrogen and oxygen atoms in total. The number of likely N-dealkylation sites (tertiary alicyclic amines) is 1. The molecular weight excluding hydrogens is 280 g/mol. The van der Waals surface area contributed by atoms with Crippen molar-refractivity contribution in [3.8, 4) is 5.75 Å². The van der Waals surface area contributed by atoms with Crippen molar-refractivity contribution < 1.29 is 14.3 Å². The van der Waals surface area contributed by atoms with E-state index in [4.69, 9.17) is 9.47 Å². The molecule has 0 saturated carbocycles. The smallest absolute Gasteiger partial charge is 0.257 e. The summed E-state index contributed by atoms with van der Waals surface area (Å²) in [5.41, 5.74) is 1.04. The predicted molar refractivity (Wildman–Crippen MR) is 86.1 cm³/mol.